The van der Waals surface area contributed by atoms with Crippen LogP contribution in [0.1, 0.15) is 32.6 Å². The summed E-state index contributed by atoms with van der Waals surface area (Å²) in [5.41, 5.74) is 0. The van der Waals surface area contributed by atoms with Crippen molar-refractivity contribution in [3.8, 4) is 0 Å². The molecule has 1 aliphatic heterocycles. The van der Waals surface area contributed by atoms with E-state index < -0.39 is 9.84 Å². The molecule has 5 nitrogen and oxygen atoms in total. The lowest BCUT2D eigenvalue weighted by Gasteiger charge is -2.23. The van der Waals surface area contributed by atoms with E-state index in [9.17, 15) is 8.42 Å². The van der Waals surface area contributed by atoms with Gasteiger partial charge in [0.15, 0.2) is 9.84 Å². The molecule has 6 heteroatoms. The molecule has 1 saturated heterocycles. The van der Waals surface area contributed by atoms with Crippen LogP contribution in [0.25, 0.3) is 0 Å². The molecule has 0 radical (unpaired) electrons. The first-order valence-corrected chi connectivity index (χ1v) is 9.43. The van der Waals surface area contributed by atoms with Crippen LogP contribution >= 0.6 is 0 Å². The molecular formula is C15H24N2O3S. The third kappa shape index (κ3) is 4.41. The minimum atomic E-state index is -3.26. The van der Waals surface area contributed by atoms with Gasteiger partial charge in [0.2, 0.25) is 0 Å². The van der Waals surface area contributed by atoms with Gasteiger partial charge < -0.3 is 9.64 Å². The van der Waals surface area contributed by atoms with Crippen molar-refractivity contribution >= 4 is 15.7 Å². The van der Waals surface area contributed by atoms with Gasteiger partial charge in [0.1, 0.15) is 10.7 Å². The molecule has 1 aliphatic rings. The van der Waals surface area contributed by atoms with Gasteiger partial charge in [0.25, 0.3) is 0 Å². The minimum Gasteiger partial charge on any atom is -0.378 e. The van der Waals surface area contributed by atoms with Crippen LogP contribution in [0.4, 0.5) is 5.82 Å². The molecule has 2 rings (SSSR count). The lowest BCUT2D eigenvalue weighted by Crippen LogP contribution is -2.27. The standard InChI is InChI=1S/C15H24N2O3S/c1-3-12-20-13-6-5-10-17(11-8-13)15-14(21(2,18)19)7-4-9-16-15/h4,7,9,13H,3,5-6,8,10-12H2,1-2H3. The summed E-state index contributed by atoms with van der Waals surface area (Å²) in [7, 11) is -3.26. The number of nitrogens with zero attached hydrogens (tertiary/aromatic N) is 2. The highest BCUT2D eigenvalue weighted by atomic mass is 32.2. The Morgan fingerprint density at radius 1 is 1.38 bits per heavy atom. The maximum Gasteiger partial charge on any atom is 0.179 e. The van der Waals surface area contributed by atoms with Gasteiger partial charge in [-0.05, 0) is 37.8 Å². The fraction of sp³-hybridized carbons (Fsp3) is 0.667. The van der Waals surface area contributed by atoms with Crippen molar-refractivity contribution < 1.29 is 13.2 Å². The maximum absolute atomic E-state index is 11.9. The fourth-order valence-electron chi connectivity index (χ4n) is 2.64. The van der Waals surface area contributed by atoms with E-state index in [1.807, 2.05) is 0 Å². The highest BCUT2D eigenvalue weighted by Gasteiger charge is 2.23. The smallest absolute Gasteiger partial charge is 0.179 e. The van der Waals surface area contributed by atoms with Crippen molar-refractivity contribution in [3.63, 3.8) is 0 Å². The summed E-state index contributed by atoms with van der Waals surface area (Å²) in [6.07, 6.45) is 7.13. The summed E-state index contributed by atoms with van der Waals surface area (Å²) in [4.78, 5) is 6.70. The molecule has 1 unspecified atom stereocenters. The number of sulfone groups is 1. The van der Waals surface area contributed by atoms with Gasteiger partial charge in [0.05, 0.1) is 6.10 Å². The van der Waals surface area contributed by atoms with Crippen LogP contribution in [-0.2, 0) is 14.6 Å². The lowest BCUT2D eigenvalue weighted by molar-refractivity contribution is 0.0461. The van der Waals surface area contributed by atoms with E-state index in [-0.39, 0.29) is 6.10 Å². The predicted octanol–water partition coefficient (Wildman–Crippen LogP) is 2.27. The Morgan fingerprint density at radius 2 is 2.19 bits per heavy atom. The predicted molar refractivity (Wildman–Crippen MR) is 83.4 cm³/mol. The molecule has 1 fully saturated rings. The third-order valence-corrected chi connectivity index (χ3v) is 4.80. The van der Waals surface area contributed by atoms with Gasteiger partial charge in [0, 0.05) is 32.1 Å². The van der Waals surface area contributed by atoms with Crippen molar-refractivity contribution in [1.29, 1.82) is 0 Å². The first kappa shape index (κ1) is 16.2. The average Bonchev–Trinajstić information content (AvgIpc) is 2.69. The molecule has 0 N–H and O–H groups in total. The minimum absolute atomic E-state index is 0.278. The van der Waals surface area contributed by atoms with Crippen LogP contribution in [0.2, 0.25) is 0 Å². The number of hydrogen-bond acceptors (Lipinski definition) is 5. The second-order valence-electron chi connectivity index (χ2n) is 5.51. The zero-order chi connectivity index (χ0) is 15.3. The number of anilines is 1. The van der Waals surface area contributed by atoms with E-state index in [1.165, 1.54) is 6.26 Å². The van der Waals surface area contributed by atoms with E-state index in [0.29, 0.717) is 10.7 Å². The molecule has 2 heterocycles. The van der Waals surface area contributed by atoms with E-state index in [2.05, 4.69) is 16.8 Å². The van der Waals surface area contributed by atoms with Gasteiger partial charge >= 0.3 is 0 Å². The Bertz CT molecular complexity index is 560. The van der Waals surface area contributed by atoms with Crippen LogP contribution in [-0.4, -0.2) is 45.5 Å². The molecule has 0 spiro atoms. The quantitative estimate of drug-likeness (QED) is 0.835. The third-order valence-electron chi connectivity index (χ3n) is 3.68. The van der Waals surface area contributed by atoms with Gasteiger partial charge in [-0.3, -0.25) is 0 Å². The second kappa shape index (κ2) is 7.22. The van der Waals surface area contributed by atoms with E-state index in [0.717, 1.165) is 45.4 Å². The average molecular weight is 312 g/mol. The van der Waals surface area contributed by atoms with Gasteiger partial charge in [-0.2, -0.15) is 0 Å². The largest absolute Gasteiger partial charge is 0.378 e. The molecule has 118 valence electrons. The van der Waals surface area contributed by atoms with E-state index in [4.69, 9.17) is 4.74 Å². The number of rotatable bonds is 5. The molecule has 1 aromatic rings. The lowest BCUT2D eigenvalue weighted by atomic mass is 10.2. The van der Waals surface area contributed by atoms with Crippen molar-refractivity contribution in [2.24, 2.45) is 0 Å². The van der Waals surface area contributed by atoms with Crippen molar-refractivity contribution in [2.45, 2.75) is 43.6 Å². The molecule has 1 aromatic heterocycles. The van der Waals surface area contributed by atoms with Gasteiger partial charge in [-0.1, -0.05) is 6.92 Å². The summed E-state index contributed by atoms with van der Waals surface area (Å²) in [5, 5.41) is 0. The maximum atomic E-state index is 11.9. The Kier molecular flexibility index (Phi) is 5.58. The molecule has 0 saturated carbocycles. The van der Waals surface area contributed by atoms with Crippen molar-refractivity contribution in [3.05, 3.63) is 18.3 Å². The highest BCUT2D eigenvalue weighted by Crippen LogP contribution is 2.25. The first-order chi connectivity index (χ1) is 10.0. The Balaban J connectivity index is 2.13. The van der Waals surface area contributed by atoms with E-state index >= 15 is 0 Å². The summed E-state index contributed by atoms with van der Waals surface area (Å²) < 4.78 is 29.6. The summed E-state index contributed by atoms with van der Waals surface area (Å²) >= 11 is 0. The topological polar surface area (TPSA) is 59.5 Å². The number of pyridine rings is 1. The Hall–Kier alpha value is -1.14. The SMILES string of the molecule is CCCOC1CCCN(c2ncccc2S(C)(=O)=O)CC1. The van der Waals surface area contributed by atoms with Crippen LogP contribution in [0.3, 0.4) is 0 Å². The zero-order valence-electron chi connectivity index (χ0n) is 12.8. The Morgan fingerprint density at radius 3 is 2.90 bits per heavy atom. The van der Waals surface area contributed by atoms with E-state index in [1.54, 1.807) is 18.3 Å². The van der Waals surface area contributed by atoms with Crippen LogP contribution < -0.4 is 4.90 Å². The summed E-state index contributed by atoms with van der Waals surface area (Å²) in [5.74, 6) is 0.580. The van der Waals surface area contributed by atoms with Crippen LogP contribution in [0.15, 0.2) is 23.2 Å². The highest BCUT2D eigenvalue weighted by molar-refractivity contribution is 7.90. The molecule has 0 bridgehead atoms. The molecule has 0 amide bonds. The van der Waals surface area contributed by atoms with Crippen molar-refractivity contribution in [2.75, 3.05) is 30.9 Å². The normalized spacial score (nSPS) is 20.3. The zero-order valence-corrected chi connectivity index (χ0v) is 13.6. The van der Waals surface area contributed by atoms with Crippen LogP contribution in [0.5, 0.6) is 0 Å². The second-order valence-corrected chi connectivity index (χ2v) is 7.49. The molecule has 0 aliphatic carbocycles. The fourth-order valence-corrected chi connectivity index (χ4v) is 3.48. The monoisotopic (exact) mass is 312 g/mol. The molecule has 1 atom stereocenters. The molecule has 0 aromatic carbocycles. The number of aromatic nitrogens is 1. The van der Waals surface area contributed by atoms with Crippen molar-refractivity contribution in [1.82, 2.24) is 4.98 Å². The summed E-state index contributed by atoms with van der Waals surface area (Å²) in [6.45, 7) is 4.51. The van der Waals surface area contributed by atoms with Gasteiger partial charge in [-0.25, -0.2) is 13.4 Å². The molecular weight excluding hydrogens is 288 g/mol. The number of ether oxygens (including phenoxy) is 1. The Labute approximate surface area is 127 Å². The van der Waals surface area contributed by atoms with Gasteiger partial charge in [-0.15, -0.1) is 0 Å². The molecule has 21 heavy (non-hydrogen) atoms. The van der Waals surface area contributed by atoms with Crippen LogP contribution in [0, 0.1) is 0 Å². The first-order valence-electron chi connectivity index (χ1n) is 7.54. The summed E-state index contributed by atoms with van der Waals surface area (Å²) in [6, 6.07) is 3.30. The number of hydrogen-bond donors (Lipinski definition) is 0.